The van der Waals surface area contributed by atoms with Gasteiger partial charge in [-0.2, -0.15) is 13.2 Å². The van der Waals surface area contributed by atoms with Crippen molar-refractivity contribution in [2.45, 2.75) is 25.1 Å². The van der Waals surface area contributed by atoms with E-state index >= 15 is 0 Å². The number of nitrogens with zero attached hydrogens (tertiary/aromatic N) is 1. The molecule has 1 aliphatic heterocycles. The fourth-order valence-corrected chi connectivity index (χ4v) is 2.36. The number of nitrogen functional groups attached to an aromatic ring is 1. The monoisotopic (exact) mass is 273 g/mol. The van der Waals surface area contributed by atoms with Crippen LogP contribution in [0.1, 0.15) is 18.4 Å². The minimum atomic E-state index is -4.35. The number of benzene rings is 1. The van der Waals surface area contributed by atoms with E-state index in [-0.39, 0.29) is 5.69 Å². The van der Waals surface area contributed by atoms with Crippen LogP contribution in [0.5, 0.6) is 0 Å². The van der Waals surface area contributed by atoms with Gasteiger partial charge in [0.05, 0.1) is 16.9 Å². The van der Waals surface area contributed by atoms with E-state index in [4.69, 9.17) is 5.73 Å². The van der Waals surface area contributed by atoms with Crippen molar-refractivity contribution >= 4 is 11.4 Å². The Labute approximate surface area is 110 Å². The van der Waals surface area contributed by atoms with Crippen LogP contribution in [0.2, 0.25) is 0 Å². The zero-order valence-electron chi connectivity index (χ0n) is 10.8. The maximum Gasteiger partial charge on any atom is 0.416 e. The van der Waals surface area contributed by atoms with Crippen LogP contribution < -0.4 is 11.1 Å². The average molecular weight is 273 g/mol. The molecule has 2 rings (SSSR count). The van der Waals surface area contributed by atoms with Crippen LogP contribution in [0.4, 0.5) is 24.5 Å². The fraction of sp³-hybridized carbons (Fsp3) is 0.538. The fourth-order valence-electron chi connectivity index (χ4n) is 2.36. The van der Waals surface area contributed by atoms with E-state index in [1.165, 1.54) is 6.07 Å². The van der Waals surface area contributed by atoms with Crippen LogP contribution in [-0.4, -0.2) is 31.1 Å². The van der Waals surface area contributed by atoms with Gasteiger partial charge in [-0.15, -0.1) is 0 Å². The highest BCUT2D eigenvalue weighted by molar-refractivity contribution is 5.67. The van der Waals surface area contributed by atoms with Crippen LogP contribution in [0.15, 0.2) is 18.2 Å². The second-order valence-electron chi connectivity index (χ2n) is 4.96. The van der Waals surface area contributed by atoms with Crippen LogP contribution >= 0.6 is 0 Å². The Balaban J connectivity index is 2.01. The predicted molar refractivity (Wildman–Crippen MR) is 70.0 cm³/mol. The van der Waals surface area contributed by atoms with E-state index < -0.39 is 11.7 Å². The molecule has 1 aromatic rings. The Morgan fingerprint density at radius 2 is 2.16 bits per heavy atom. The molecule has 0 bridgehead atoms. The molecule has 1 fully saturated rings. The van der Waals surface area contributed by atoms with Gasteiger partial charge in [-0.1, -0.05) is 0 Å². The highest BCUT2D eigenvalue weighted by Gasteiger charge is 2.30. The van der Waals surface area contributed by atoms with E-state index in [1.54, 1.807) is 0 Å². The molecule has 6 heteroatoms. The Morgan fingerprint density at radius 3 is 2.68 bits per heavy atom. The molecule has 0 saturated carbocycles. The topological polar surface area (TPSA) is 41.3 Å². The molecule has 0 spiro atoms. The third kappa shape index (κ3) is 3.32. The van der Waals surface area contributed by atoms with Gasteiger partial charge in [-0.25, -0.2) is 0 Å². The lowest BCUT2D eigenvalue weighted by Gasteiger charge is -2.21. The van der Waals surface area contributed by atoms with Crippen LogP contribution in [0.25, 0.3) is 0 Å². The van der Waals surface area contributed by atoms with Gasteiger partial charge in [-0.05, 0) is 44.6 Å². The van der Waals surface area contributed by atoms with Crippen molar-refractivity contribution in [3.05, 3.63) is 23.8 Å². The van der Waals surface area contributed by atoms with E-state index in [0.717, 1.165) is 31.5 Å². The molecule has 1 unspecified atom stereocenters. The summed E-state index contributed by atoms with van der Waals surface area (Å²) in [5.41, 5.74) is 5.64. The van der Waals surface area contributed by atoms with Gasteiger partial charge in [0.25, 0.3) is 0 Å². The maximum atomic E-state index is 12.5. The minimum Gasteiger partial charge on any atom is -0.397 e. The Morgan fingerprint density at radius 1 is 1.42 bits per heavy atom. The quantitative estimate of drug-likeness (QED) is 0.832. The molecule has 1 atom stereocenters. The number of rotatable bonds is 3. The van der Waals surface area contributed by atoms with Crippen LogP contribution in [0.3, 0.4) is 0 Å². The first-order valence-corrected chi connectivity index (χ1v) is 6.29. The van der Waals surface area contributed by atoms with Crippen molar-refractivity contribution in [1.82, 2.24) is 4.90 Å². The van der Waals surface area contributed by atoms with Gasteiger partial charge in [0.2, 0.25) is 0 Å². The Hall–Kier alpha value is -1.43. The highest BCUT2D eigenvalue weighted by Crippen LogP contribution is 2.32. The van der Waals surface area contributed by atoms with Crippen molar-refractivity contribution in [2.75, 3.05) is 31.2 Å². The van der Waals surface area contributed by atoms with Gasteiger partial charge in [0.1, 0.15) is 0 Å². The van der Waals surface area contributed by atoms with Crippen molar-refractivity contribution in [1.29, 1.82) is 0 Å². The summed E-state index contributed by atoms with van der Waals surface area (Å²) in [7, 11) is 2.05. The number of likely N-dealkylation sites (tertiary alicyclic amines) is 1. The van der Waals surface area contributed by atoms with Crippen molar-refractivity contribution in [3.63, 3.8) is 0 Å². The largest absolute Gasteiger partial charge is 0.416 e. The van der Waals surface area contributed by atoms with Gasteiger partial charge >= 0.3 is 6.18 Å². The summed E-state index contributed by atoms with van der Waals surface area (Å²) in [6.45, 7) is 1.76. The number of nitrogens with two attached hydrogens (primary N) is 1. The lowest BCUT2D eigenvalue weighted by Crippen LogP contribution is -2.31. The summed E-state index contributed by atoms with van der Waals surface area (Å²) >= 11 is 0. The summed E-state index contributed by atoms with van der Waals surface area (Å²) in [4.78, 5) is 2.24. The van der Waals surface area contributed by atoms with Gasteiger partial charge in [0.15, 0.2) is 0 Å². The zero-order valence-corrected chi connectivity index (χ0v) is 10.8. The molecule has 1 aromatic carbocycles. The molecule has 3 nitrogen and oxygen atoms in total. The van der Waals surface area contributed by atoms with Crippen molar-refractivity contribution < 1.29 is 13.2 Å². The summed E-state index contributed by atoms with van der Waals surface area (Å²) < 4.78 is 37.5. The zero-order chi connectivity index (χ0) is 14.0. The number of nitrogens with one attached hydrogen (secondary N) is 1. The number of likely N-dealkylation sites (N-methyl/N-ethyl adjacent to an activating group) is 1. The second kappa shape index (κ2) is 5.28. The molecule has 0 aromatic heterocycles. The van der Waals surface area contributed by atoms with Gasteiger partial charge < -0.3 is 16.0 Å². The van der Waals surface area contributed by atoms with Crippen molar-refractivity contribution in [3.8, 4) is 0 Å². The molecule has 106 valence electrons. The second-order valence-corrected chi connectivity index (χ2v) is 4.96. The standard InChI is InChI=1S/C13H18F3N3/c1-19-6-2-3-10(19)8-18-12-5-4-9(7-11(12)17)13(14,15)16/h4-5,7,10,18H,2-3,6,8,17H2,1H3. The van der Waals surface area contributed by atoms with E-state index in [1.807, 2.05) is 0 Å². The predicted octanol–water partition coefficient (Wildman–Crippen LogP) is 2.79. The van der Waals surface area contributed by atoms with E-state index in [0.29, 0.717) is 18.3 Å². The maximum absolute atomic E-state index is 12.5. The first-order valence-electron chi connectivity index (χ1n) is 6.29. The highest BCUT2D eigenvalue weighted by atomic mass is 19.4. The molecule has 3 N–H and O–H groups in total. The molecule has 19 heavy (non-hydrogen) atoms. The third-order valence-electron chi connectivity index (χ3n) is 3.58. The summed E-state index contributed by atoms with van der Waals surface area (Å²) in [6, 6.07) is 3.84. The average Bonchev–Trinajstić information content (AvgIpc) is 2.72. The molecule has 0 radical (unpaired) electrons. The van der Waals surface area contributed by atoms with E-state index in [9.17, 15) is 13.2 Å². The van der Waals surface area contributed by atoms with Gasteiger partial charge in [-0.3, -0.25) is 0 Å². The number of anilines is 2. The lowest BCUT2D eigenvalue weighted by molar-refractivity contribution is -0.137. The number of hydrogen-bond acceptors (Lipinski definition) is 3. The normalized spacial score (nSPS) is 20.7. The first kappa shape index (κ1) is 14.0. The van der Waals surface area contributed by atoms with E-state index in [2.05, 4.69) is 17.3 Å². The third-order valence-corrected chi connectivity index (χ3v) is 3.58. The molecule has 0 aliphatic carbocycles. The number of hydrogen-bond donors (Lipinski definition) is 2. The lowest BCUT2D eigenvalue weighted by atomic mass is 10.1. The van der Waals surface area contributed by atoms with Crippen LogP contribution in [0, 0.1) is 0 Å². The molecular formula is C13H18F3N3. The molecule has 1 saturated heterocycles. The van der Waals surface area contributed by atoms with Crippen molar-refractivity contribution in [2.24, 2.45) is 0 Å². The Bertz CT molecular complexity index is 445. The summed E-state index contributed by atoms with van der Waals surface area (Å²) in [5.74, 6) is 0. The Kier molecular flexibility index (Phi) is 3.89. The summed E-state index contributed by atoms with van der Waals surface area (Å²) in [6.07, 6.45) is -2.09. The SMILES string of the molecule is CN1CCCC1CNc1ccc(C(F)(F)F)cc1N. The number of alkyl halides is 3. The molecule has 0 amide bonds. The minimum absolute atomic E-state index is 0.135. The summed E-state index contributed by atoms with van der Waals surface area (Å²) in [5, 5.41) is 3.13. The van der Waals surface area contributed by atoms with Gasteiger partial charge in [0, 0.05) is 12.6 Å². The molecule has 1 heterocycles. The molecule has 1 aliphatic rings. The first-order chi connectivity index (χ1) is 8.88. The smallest absolute Gasteiger partial charge is 0.397 e. The van der Waals surface area contributed by atoms with Crippen LogP contribution in [-0.2, 0) is 6.18 Å². The number of halogens is 3. The molecular weight excluding hydrogens is 255 g/mol.